The SMILES string of the molecule is CCOC(=O)c1c(N)c(C(=O)c2cccc([N+](=O)[O-])c2)n2ccccc12. The molecule has 0 saturated carbocycles. The van der Waals surface area contributed by atoms with Crippen molar-refractivity contribution in [3.8, 4) is 0 Å². The van der Waals surface area contributed by atoms with E-state index in [9.17, 15) is 19.7 Å². The zero-order chi connectivity index (χ0) is 18.8. The minimum absolute atomic E-state index is 0.0221. The van der Waals surface area contributed by atoms with Crippen LogP contribution in [0, 0.1) is 10.1 Å². The van der Waals surface area contributed by atoms with Gasteiger partial charge in [0.1, 0.15) is 11.3 Å². The van der Waals surface area contributed by atoms with Crippen molar-refractivity contribution in [3.63, 3.8) is 0 Å². The van der Waals surface area contributed by atoms with E-state index >= 15 is 0 Å². The van der Waals surface area contributed by atoms with Crippen molar-refractivity contribution in [2.75, 3.05) is 12.3 Å². The number of nitrogen functional groups attached to an aromatic ring is 1. The van der Waals surface area contributed by atoms with Gasteiger partial charge in [0.25, 0.3) is 5.69 Å². The molecule has 2 aromatic heterocycles. The second kappa shape index (κ2) is 6.67. The van der Waals surface area contributed by atoms with Crippen molar-refractivity contribution < 1.29 is 19.2 Å². The number of nitrogens with zero attached hydrogens (tertiary/aromatic N) is 2. The number of esters is 1. The molecule has 8 heteroatoms. The van der Waals surface area contributed by atoms with Crippen LogP contribution >= 0.6 is 0 Å². The van der Waals surface area contributed by atoms with E-state index in [2.05, 4.69) is 0 Å². The van der Waals surface area contributed by atoms with Gasteiger partial charge >= 0.3 is 5.97 Å². The van der Waals surface area contributed by atoms with Gasteiger partial charge in [0.05, 0.1) is 22.7 Å². The maximum atomic E-state index is 13.0. The fraction of sp³-hybridized carbons (Fsp3) is 0.111. The molecule has 0 atom stereocenters. The number of nitro groups is 1. The second-order valence-electron chi connectivity index (χ2n) is 5.45. The topological polar surface area (TPSA) is 117 Å². The van der Waals surface area contributed by atoms with E-state index in [1.165, 1.54) is 28.7 Å². The van der Waals surface area contributed by atoms with Crippen LogP contribution in [0.4, 0.5) is 11.4 Å². The molecule has 3 rings (SSSR count). The Morgan fingerprint density at radius 3 is 2.69 bits per heavy atom. The van der Waals surface area contributed by atoms with Gasteiger partial charge in [-0.05, 0) is 19.1 Å². The van der Waals surface area contributed by atoms with Crippen molar-refractivity contribution in [2.24, 2.45) is 0 Å². The van der Waals surface area contributed by atoms with E-state index in [4.69, 9.17) is 10.5 Å². The van der Waals surface area contributed by atoms with Gasteiger partial charge in [-0.3, -0.25) is 14.9 Å². The molecule has 0 unspecified atom stereocenters. The Bertz CT molecular complexity index is 1040. The fourth-order valence-corrected chi connectivity index (χ4v) is 2.77. The highest BCUT2D eigenvalue weighted by atomic mass is 16.6. The number of pyridine rings is 1. The van der Waals surface area contributed by atoms with Gasteiger partial charge < -0.3 is 14.9 Å². The van der Waals surface area contributed by atoms with Gasteiger partial charge in [-0.25, -0.2) is 4.79 Å². The molecule has 0 aliphatic rings. The number of ether oxygens (including phenoxy) is 1. The van der Waals surface area contributed by atoms with Gasteiger partial charge in [0.15, 0.2) is 0 Å². The van der Waals surface area contributed by atoms with Crippen LogP contribution in [0.1, 0.15) is 33.3 Å². The minimum Gasteiger partial charge on any atom is -0.462 e. The van der Waals surface area contributed by atoms with E-state index in [1.54, 1.807) is 31.3 Å². The maximum Gasteiger partial charge on any atom is 0.342 e. The number of benzene rings is 1. The summed E-state index contributed by atoms with van der Waals surface area (Å²) in [5, 5.41) is 11.0. The Balaban J connectivity index is 2.21. The van der Waals surface area contributed by atoms with Crippen LogP contribution in [0.3, 0.4) is 0 Å². The number of fused-ring (bicyclic) bond motifs is 1. The van der Waals surface area contributed by atoms with E-state index in [0.29, 0.717) is 5.52 Å². The number of carbonyl (C=O) groups is 2. The molecule has 0 radical (unpaired) electrons. The van der Waals surface area contributed by atoms with Crippen molar-refractivity contribution in [2.45, 2.75) is 6.92 Å². The summed E-state index contributed by atoms with van der Waals surface area (Å²) < 4.78 is 6.52. The highest BCUT2D eigenvalue weighted by Crippen LogP contribution is 2.29. The molecule has 26 heavy (non-hydrogen) atoms. The van der Waals surface area contributed by atoms with Crippen molar-refractivity contribution in [1.82, 2.24) is 4.40 Å². The third kappa shape index (κ3) is 2.77. The number of ketones is 1. The third-order valence-corrected chi connectivity index (χ3v) is 3.90. The number of hydrogen-bond donors (Lipinski definition) is 1. The van der Waals surface area contributed by atoms with Gasteiger partial charge in [0.2, 0.25) is 5.78 Å². The standard InChI is InChI=1S/C18H15N3O5/c1-2-26-18(23)14-13-8-3-4-9-20(13)16(15(14)19)17(22)11-6-5-7-12(10-11)21(24)25/h3-10H,2,19H2,1H3. The summed E-state index contributed by atoms with van der Waals surface area (Å²) in [5.74, 6) is -1.16. The van der Waals surface area contributed by atoms with E-state index in [0.717, 1.165) is 0 Å². The van der Waals surface area contributed by atoms with Crippen LogP contribution in [0.2, 0.25) is 0 Å². The lowest BCUT2D eigenvalue weighted by molar-refractivity contribution is -0.384. The predicted octanol–water partition coefficient (Wildman–Crippen LogP) is 2.84. The molecule has 0 saturated heterocycles. The van der Waals surface area contributed by atoms with Crippen LogP contribution < -0.4 is 5.73 Å². The van der Waals surface area contributed by atoms with Crippen LogP contribution in [0.15, 0.2) is 48.7 Å². The van der Waals surface area contributed by atoms with Crippen molar-refractivity contribution in [3.05, 3.63) is 75.6 Å². The quantitative estimate of drug-likeness (QED) is 0.326. The molecular weight excluding hydrogens is 338 g/mol. The van der Waals surface area contributed by atoms with Crippen LogP contribution in [0.25, 0.3) is 5.52 Å². The number of aromatic nitrogens is 1. The van der Waals surface area contributed by atoms with Crippen LogP contribution in [0.5, 0.6) is 0 Å². The Morgan fingerprint density at radius 1 is 1.23 bits per heavy atom. The normalized spacial score (nSPS) is 10.7. The first kappa shape index (κ1) is 17.2. The van der Waals surface area contributed by atoms with Gasteiger partial charge in [-0.1, -0.05) is 18.2 Å². The smallest absolute Gasteiger partial charge is 0.342 e. The highest BCUT2D eigenvalue weighted by molar-refractivity contribution is 6.17. The largest absolute Gasteiger partial charge is 0.462 e. The predicted molar refractivity (Wildman–Crippen MR) is 94.3 cm³/mol. The fourth-order valence-electron chi connectivity index (χ4n) is 2.77. The molecule has 8 nitrogen and oxygen atoms in total. The molecule has 0 amide bonds. The highest BCUT2D eigenvalue weighted by Gasteiger charge is 2.27. The number of rotatable bonds is 5. The Hall–Kier alpha value is -3.68. The summed E-state index contributed by atoms with van der Waals surface area (Å²) in [6, 6.07) is 10.4. The van der Waals surface area contributed by atoms with Crippen LogP contribution in [-0.4, -0.2) is 27.7 Å². The molecule has 0 spiro atoms. The molecule has 0 fully saturated rings. The third-order valence-electron chi connectivity index (χ3n) is 3.90. The first-order chi connectivity index (χ1) is 12.5. The molecule has 3 aromatic rings. The summed E-state index contributed by atoms with van der Waals surface area (Å²) >= 11 is 0. The first-order valence-electron chi connectivity index (χ1n) is 7.80. The zero-order valence-electron chi connectivity index (χ0n) is 13.8. The number of anilines is 1. The lowest BCUT2D eigenvalue weighted by atomic mass is 10.1. The molecule has 132 valence electrons. The monoisotopic (exact) mass is 353 g/mol. The Labute approximate surface area is 147 Å². The van der Waals surface area contributed by atoms with Crippen LogP contribution in [-0.2, 0) is 4.74 Å². The zero-order valence-corrected chi connectivity index (χ0v) is 13.8. The summed E-state index contributed by atoms with van der Waals surface area (Å²) in [5.41, 5.74) is 6.56. The molecule has 0 aliphatic heterocycles. The average molecular weight is 353 g/mol. The molecular formula is C18H15N3O5. The summed E-state index contributed by atoms with van der Waals surface area (Å²) in [6.45, 7) is 1.83. The number of non-ortho nitro benzene ring substituents is 1. The molecule has 0 aliphatic carbocycles. The van der Waals surface area contributed by atoms with Gasteiger partial charge in [0, 0.05) is 23.9 Å². The van der Waals surface area contributed by atoms with Gasteiger partial charge in [-0.2, -0.15) is 0 Å². The number of nitrogens with two attached hydrogens (primary N) is 1. The number of carbonyl (C=O) groups excluding carboxylic acids is 2. The first-order valence-corrected chi connectivity index (χ1v) is 7.80. The molecule has 2 N–H and O–H groups in total. The number of nitro benzene ring substituents is 1. The second-order valence-corrected chi connectivity index (χ2v) is 5.45. The lowest BCUT2D eigenvalue weighted by Crippen LogP contribution is -2.10. The Kier molecular flexibility index (Phi) is 4.40. The average Bonchev–Trinajstić information content (AvgIpc) is 2.93. The molecule has 2 heterocycles. The molecule has 1 aromatic carbocycles. The van der Waals surface area contributed by atoms with Crippen molar-refractivity contribution in [1.29, 1.82) is 0 Å². The van der Waals surface area contributed by atoms with Crippen molar-refractivity contribution >= 4 is 28.6 Å². The van der Waals surface area contributed by atoms with E-state index < -0.39 is 16.7 Å². The number of hydrogen-bond acceptors (Lipinski definition) is 6. The minimum atomic E-state index is -0.633. The van der Waals surface area contributed by atoms with Gasteiger partial charge in [-0.15, -0.1) is 0 Å². The summed E-state index contributed by atoms with van der Waals surface area (Å²) in [7, 11) is 0. The lowest BCUT2D eigenvalue weighted by Gasteiger charge is -2.04. The van der Waals surface area contributed by atoms with E-state index in [1.807, 2.05) is 0 Å². The molecule has 0 bridgehead atoms. The van der Waals surface area contributed by atoms with E-state index in [-0.39, 0.29) is 34.8 Å². The summed E-state index contributed by atoms with van der Waals surface area (Å²) in [4.78, 5) is 35.6. The Morgan fingerprint density at radius 2 is 2.00 bits per heavy atom. The maximum absolute atomic E-state index is 13.0. The summed E-state index contributed by atoms with van der Waals surface area (Å²) in [6.07, 6.45) is 1.60.